The summed E-state index contributed by atoms with van der Waals surface area (Å²) in [5.41, 5.74) is 4.30. The molecule has 1 aliphatic heterocycles. The summed E-state index contributed by atoms with van der Waals surface area (Å²) in [6.45, 7) is 5.25. The third-order valence-electron chi connectivity index (χ3n) is 3.53. The number of rotatable bonds is 5. The molecule has 2 rings (SSSR count). The highest BCUT2D eigenvalue weighted by atomic mass is 32.1. The van der Waals surface area contributed by atoms with Crippen LogP contribution in [0.1, 0.15) is 47.0 Å². The molecule has 1 saturated heterocycles. The maximum Gasteiger partial charge on any atom is 0.0576 e. The van der Waals surface area contributed by atoms with E-state index in [2.05, 4.69) is 25.3 Å². The molecule has 2 unspecified atom stereocenters. The van der Waals surface area contributed by atoms with Crippen molar-refractivity contribution in [1.29, 1.82) is 0 Å². The highest BCUT2D eigenvalue weighted by Crippen LogP contribution is 2.30. The minimum atomic E-state index is 0.275. The van der Waals surface area contributed by atoms with Crippen LogP contribution in [0.15, 0.2) is 6.07 Å². The number of aryl methyl sites for hydroxylation is 2. The minimum absolute atomic E-state index is 0.275. The van der Waals surface area contributed by atoms with Gasteiger partial charge in [0.15, 0.2) is 0 Å². The Morgan fingerprint density at radius 1 is 1.59 bits per heavy atom. The van der Waals surface area contributed by atoms with E-state index in [-0.39, 0.29) is 6.04 Å². The van der Waals surface area contributed by atoms with Crippen molar-refractivity contribution < 1.29 is 4.74 Å². The fourth-order valence-corrected chi connectivity index (χ4v) is 3.44. The zero-order valence-electron chi connectivity index (χ0n) is 10.7. The molecule has 0 spiro atoms. The van der Waals surface area contributed by atoms with E-state index in [1.54, 1.807) is 0 Å². The Bertz CT molecular complexity index is 339. The predicted octanol–water partition coefficient (Wildman–Crippen LogP) is 2.83. The van der Waals surface area contributed by atoms with Crippen LogP contribution in [0, 0.1) is 13.8 Å². The number of ether oxygens (including phenoxy) is 1. The Morgan fingerprint density at radius 2 is 2.41 bits per heavy atom. The highest BCUT2D eigenvalue weighted by Gasteiger charge is 2.19. The number of hydrogen-bond donors (Lipinski definition) is 2. The van der Waals surface area contributed by atoms with Crippen LogP contribution < -0.4 is 11.3 Å². The third-order valence-corrected chi connectivity index (χ3v) is 4.80. The van der Waals surface area contributed by atoms with Gasteiger partial charge in [0.2, 0.25) is 0 Å². The maximum atomic E-state index is 5.66. The maximum absolute atomic E-state index is 5.66. The lowest BCUT2D eigenvalue weighted by Gasteiger charge is -2.16. The standard InChI is InChI=1S/C13H22N2OS/c1-9-8-13(17-10(9)2)12(15-14)6-5-11-4-3-7-16-11/h8,11-12,15H,3-7,14H2,1-2H3. The molecule has 3 nitrogen and oxygen atoms in total. The van der Waals surface area contributed by atoms with Gasteiger partial charge in [0.1, 0.15) is 0 Å². The van der Waals surface area contributed by atoms with Gasteiger partial charge < -0.3 is 4.74 Å². The molecule has 0 radical (unpaired) electrons. The third kappa shape index (κ3) is 3.28. The smallest absolute Gasteiger partial charge is 0.0576 e. The van der Waals surface area contributed by atoms with E-state index < -0.39 is 0 Å². The van der Waals surface area contributed by atoms with E-state index in [1.807, 2.05) is 11.3 Å². The molecular formula is C13H22N2OS. The monoisotopic (exact) mass is 254 g/mol. The molecule has 0 aromatic carbocycles. The molecule has 96 valence electrons. The molecule has 0 saturated carbocycles. The fourth-order valence-electron chi connectivity index (χ4n) is 2.31. The largest absolute Gasteiger partial charge is 0.378 e. The lowest BCUT2D eigenvalue weighted by molar-refractivity contribution is 0.0997. The minimum Gasteiger partial charge on any atom is -0.378 e. The number of nitrogens with two attached hydrogens (primary N) is 1. The molecule has 1 aromatic heterocycles. The summed E-state index contributed by atoms with van der Waals surface area (Å²) >= 11 is 1.85. The molecule has 3 N–H and O–H groups in total. The first-order valence-corrected chi connectivity index (χ1v) is 7.17. The van der Waals surface area contributed by atoms with Gasteiger partial charge in [-0.25, -0.2) is 0 Å². The summed E-state index contributed by atoms with van der Waals surface area (Å²) in [6.07, 6.45) is 5.03. The van der Waals surface area contributed by atoms with Crippen LogP contribution >= 0.6 is 11.3 Å². The summed E-state index contributed by atoms with van der Waals surface area (Å²) in [4.78, 5) is 2.73. The van der Waals surface area contributed by atoms with Gasteiger partial charge >= 0.3 is 0 Å². The first-order valence-electron chi connectivity index (χ1n) is 6.35. The van der Waals surface area contributed by atoms with Crippen molar-refractivity contribution in [3.05, 3.63) is 21.4 Å². The van der Waals surface area contributed by atoms with Crippen LogP contribution in [0.3, 0.4) is 0 Å². The molecule has 4 heteroatoms. The topological polar surface area (TPSA) is 47.3 Å². The van der Waals surface area contributed by atoms with Gasteiger partial charge in [-0.1, -0.05) is 0 Å². The summed E-state index contributed by atoms with van der Waals surface area (Å²) in [5, 5.41) is 0. The summed E-state index contributed by atoms with van der Waals surface area (Å²) in [6, 6.07) is 2.52. The van der Waals surface area contributed by atoms with E-state index in [1.165, 1.54) is 28.2 Å². The highest BCUT2D eigenvalue weighted by molar-refractivity contribution is 7.12. The van der Waals surface area contributed by atoms with Crippen molar-refractivity contribution in [2.75, 3.05) is 6.61 Å². The Kier molecular flexibility index (Phi) is 4.56. The molecule has 0 amide bonds. The first-order chi connectivity index (χ1) is 8.20. The zero-order chi connectivity index (χ0) is 12.3. The van der Waals surface area contributed by atoms with Crippen LogP contribution in [-0.4, -0.2) is 12.7 Å². The molecule has 17 heavy (non-hydrogen) atoms. The predicted molar refractivity (Wildman–Crippen MR) is 72.1 cm³/mol. The van der Waals surface area contributed by atoms with Gasteiger partial charge in [-0.05, 0) is 51.2 Å². The van der Waals surface area contributed by atoms with Gasteiger partial charge in [-0.2, -0.15) is 0 Å². The van der Waals surface area contributed by atoms with Gasteiger partial charge in [-0.15, -0.1) is 11.3 Å². The summed E-state index contributed by atoms with van der Waals surface area (Å²) in [7, 11) is 0. The normalized spacial score (nSPS) is 21.9. The number of thiophene rings is 1. The van der Waals surface area contributed by atoms with Gasteiger partial charge in [-0.3, -0.25) is 11.3 Å². The van der Waals surface area contributed by atoms with E-state index in [4.69, 9.17) is 10.6 Å². The number of hydrogen-bond acceptors (Lipinski definition) is 4. The van der Waals surface area contributed by atoms with Gasteiger partial charge in [0.25, 0.3) is 0 Å². The van der Waals surface area contributed by atoms with Gasteiger partial charge in [0.05, 0.1) is 12.1 Å². The van der Waals surface area contributed by atoms with E-state index in [9.17, 15) is 0 Å². The van der Waals surface area contributed by atoms with Crippen molar-refractivity contribution in [3.63, 3.8) is 0 Å². The van der Waals surface area contributed by atoms with Crippen LogP contribution in [-0.2, 0) is 4.74 Å². The first kappa shape index (κ1) is 13.0. The average Bonchev–Trinajstić information content (AvgIpc) is 2.91. The SMILES string of the molecule is Cc1cc(C(CCC2CCCO2)NN)sc1C. The molecule has 1 aliphatic rings. The number of hydrazine groups is 1. The summed E-state index contributed by atoms with van der Waals surface area (Å²) < 4.78 is 5.65. The van der Waals surface area contributed by atoms with Crippen LogP contribution in [0.25, 0.3) is 0 Å². The lowest BCUT2D eigenvalue weighted by Crippen LogP contribution is -2.28. The van der Waals surface area contributed by atoms with Crippen LogP contribution in [0.2, 0.25) is 0 Å². The fraction of sp³-hybridized carbons (Fsp3) is 0.692. The number of nitrogens with one attached hydrogen (secondary N) is 1. The Hall–Kier alpha value is -0.420. The van der Waals surface area contributed by atoms with E-state index in [0.29, 0.717) is 6.10 Å². The Labute approximate surface area is 107 Å². The molecule has 1 aromatic rings. The second-order valence-electron chi connectivity index (χ2n) is 4.82. The van der Waals surface area contributed by atoms with Crippen molar-refractivity contribution in [3.8, 4) is 0 Å². The van der Waals surface area contributed by atoms with Crippen molar-refractivity contribution in [2.45, 2.75) is 51.7 Å². The quantitative estimate of drug-likeness (QED) is 0.627. The second-order valence-corrected chi connectivity index (χ2v) is 6.11. The Balaban J connectivity index is 1.91. The summed E-state index contributed by atoms with van der Waals surface area (Å²) in [5.74, 6) is 5.66. The lowest BCUT2D eigenvalue weighted by atomic mass is 10.0. The average molecular weight is 254 g/mol. The molecule has 0 aliphatic carbocycles. The van der Waals surface area contributed by atoms with E-state index in [0.717, 1.165) is 19.4 Å². The Morgan fingerprint density at radius 3 is 2.94 bits per heavy atom. The zero-order valence-corrected chi connectivity index (χ0v) is 11.5. The van der Waals surface area contributed by atoms with Crippen molar-refractivity contribution >= 4 is 11.3 Å². The van der Waals surface area contributed by atoms with Gasteiger partial charge in [0, 0.05) is 16.4 Å². The van der Waals surface area contributed by atoms with Crippen LogP contribution in [0.5, 0.6) is 0 Å². The molecule has 2 heterocycles. The molecule has 2 atom stereocenters. The molecule has 0 bridgehead atoms. The second kappa shape index (κ2) is 5.96. The van der Waals surface area contributed by atoms with Crippen molar-refractivity contribution in [2.24, 2.45) is 5.84 Å². The molecule has 1 fully saturated rings. The van der Waals surface area contributed by atoms with Crippen molar-refractivity contribution in [1.82, 2.24) is 5.43 Å². The molecular weight excluding hydrogens is 232 g/mol. The van der Waals surface area contributed by atoms with E-state index >= 15 is 0 Å². The van der Waals surface area contributed by atoms with Crippen LogP contribution in [0.4, 0.5) is 0 Å².